The largest absolute Gasteiger partial charge is 0.489 e. The van der Waals surface area contributed by atoms with E-state index in [2.05, 4.69) is 5.92 Å². The van der Waals surface area contributed by atoms with Gasteiger partial charge in [0, 0.05) is 38.2 Å². The lowest BCUT2D eigenvalue weighted by Gasteiger charge is -2.49. The molecule has 13 nitrogen and oxygen atoms in total. The molecule has 3 fully saturated rings. The number of fused-ring (bicyclic) bond motifs is 2. The van der Waals surface area contributed by atoms with Crippen LogP contribution in [-0.4, -0.2) is 143 Å². The molecule has 53 heavy (non-hydrogen) atoms. The summed E-state index contributed by atoms with van der Waals surface area (Å²) in [6.45, 7) is 18.3. The third-order valence-corrected chi connectivity index (χ3v) is 12.7. The van der Waals surface area contributed by atoms with E-state index in [-0.39, 0.29) is 25.0 Å². The standard InChI is InChI=1S/C40H68NO12/c1-15-17-41(12,13)27-18-22(4)48-37(30(27)42)52-35-24(6)32(51-29-20-38(9,47-14)34(44)26(8)49-29)25(7)36(45)50-28(16-2)40(11,46)33(43)23(5)31-21(3)19-39(35,10)53-31/h1,22-30,32-35,37,42-44,46H,16-20H2,2-14H3/q+1/t22-,23+,24?,25?,26-,27-,28?,29+,30-,32?,33-,34+,35-,37+,38-,39+,40-/m1/s1. The topological polar surface area (TPSA) is 163 Å². The number of hydrogen-bond donors (Lipinski definition) is 4. The Morgan fingerprint density at radius 3 is 2.23 bits per heavy atom. The summed E-state index contributed by atoms with van der Waals surface area (Å²) in [6, 6.07) is -0.308. The molecule has 0 spiro atoms. The van der Waals surface area contributed by atoms with E-state index in [1.54, 1.807) is 34.6 Å². The zero-order valence-electron chi connectivity index (χ0n) is 34.2. The van der Waals surface area contributed by atoms with Gasteiger partial charge in [0.2, 0.25) is 0 Å². The normalized spacial score (nSPS) is 47.4. The third-order valence-electron chi connectivity index (χ3n) is 12.7. The number of ether oxygens (including phenoxy) is 7. The van der Waals surface area contributed by atoms with E-state index in [1.807, 2.05) is 41.8 Å². The second kappa shape index (κ2) is 16.3. The summed E-state index contributed by atoms with van der Waals surface area (Å²) >= 11 is 0. The Balaban J connectivity index is 1.85. The number of rotatable bonds is 8. The van der Waals surface area contributed by atoms with Crippen molar-refractivity contribution >= 4 is 5.97 Å². The predicted octanol–water partition coefficient (Wildman–Crippen LogP) is 3.04. The van der Waals surface area contributed by atoms with Crippen LogP contribution in [0.5, 0.6) is 0 Å². The molecular formula is C40H68NO12+. The summed E-state index contributed by atoms with van der Waals surface area (Å²) < 4.78 is 45.3. The van der Waals surface area contributed by atoms with Crippen molar-refractivity contribution < 1.29 is 62.9 Å². The lowest BCUT2D eigenvalue weighted by atomic mass is 9.78. The first-order valence-corrected chi connectivity index (χ1v) is 19.3. The highest BCUT2D eigenvalue weighted by atomic mass is 16.7. The van der Waals surface area contributed by atoms with Crippen molar-refractivity contribution in [2.24, 2.45) is 17.8 Å². The third kappa shape index (κ3) is 8.63. The van der Waals surface area contributed by atoms with Crippen LogP contribution in [0.2, 0.25) is 0 Å². The number of esters is 1. The highest BCUT2D eigenvalue weighted by molar-refractivity contribution is 5.73. The van der Waals surface area contributed by atoms with Crippen LogP contribution in [0.15, 0.2) is 11.3 Å². The average molecular weight is 755 g/mol. The molecule has 3 saturated heterocycles. The zero-order chi connectivity index (χ0) is 40.0. The number of likely N-dealkylation sites (N-methyl/N-ethyl adjacent to an activating group) is 1. The Morgan fingerprint density at radius 1 is 1.00 bits per heavy atom. The molecule has 4 N–H and O–H groups in total. The van der Waals surface area contributed by atoms with Crippen LogP contribution in [0.25, 0.3) is 0 Å². The summed E-state index contributed by atoms with van der Waals surface area (Å²) in [5.74, 6) is 0.309. The van der Waals surface area contributed by atoms with E-state index < -0.39 is 95.8 Å². The van der Waals surface area contributed by atoms with Crippen LogP contribution >= 0.6 is 0 Å². The van der Waals surface area contributed by atoms with E-state index in [0.29, 0.717) is 29.6 Å². The van der Waals surface area contributed by atoms with Gasteiger partial charge in [-0.25, -0.2) is 0 Å². The monoisotopic (exact) mass is 754 g/mol. The average Bonchev–Trinajstić information content (AvgIpc) is 3.40. The summed E-state index contributed by atoms with van der Waals surface area (Å²) in [5.41, 5.74) is -3.08. The molecule has 4 heterocycles. The van der Waals surface area contributed by atoms with E-state index in [9.17, 15) is 25.2 Å². The van der Waals surface area contributed by atoms with Crippen molar-refractivity contribution in [2.75, 3.05) is 27.7 Å². The van der Waals surface area contributed by atoms with Gasteiger partial charge in [0.25, 0.3) is 0 Å². The van der Waals surface area contributed by atoms with Gasteiger partial charge in [0.15, 0.2) is 18.7 Å². The molecule has 0 aromatic heterocycles. The molecule has 4 aliphatic heterocycles. The van der Waals surface area contributed by atoms with Crippen LogP contribution in [0.3, 0.4) is 0 Å². The van der Waals surface area contributed by atoms with Gasteiger partial charge in [0.05, 0.1) is 50.0 Å². The van der Waals surface area contributed by atoms with Crippen LogP contribution < -0.4 is 0 Å². The van der Waals surface area contributed by atoms with Crippen molar-refractivity contribution in [2.45, 2.75) is 179 Å². The van der Waals surface area contributed by atoms with E-state index >= 15 is 0 Å². The maximum atomic E-state index is 14.2. The van der Waals surface area contributed by atoms with Crippen molar-refractivity contribution in [3.05, 3.63) is 11.3 Å². The number of methoxy groups -OCH3 is 1. The number of carbonyl (C=O) groups is 1. The van der Waals surface area contributed by atoms with E-state index in [0.717, 1.165) is 5.57 Å². The van der Waals surface area contributed by atoms with Crippen LogP contribution in [0.4, 0.5) is 0 Å². The number of aliphatic hydroxyl groups excluding tert-OH is 3. The molecule has 0 amide bonds. The SMILES string of the molecule is C#CC[N+](C)(C)[C@@H]1C[C@@H](C)O[C@@H](O[C@@H]2C(C)C(O[C@H]3C[C@@](C)(OC)[C@@H](O)[C@@H](C)O3)C(C)C(=O)OC(CC)[C@@](C)(O)[C@H](O)[C@@H](C)C3=C(C)C[C@]2(C)O3)[C@@H]1O. The molecule has 4 aliphatic rings. The molecule has 4 rings (SSSR count). The van der Waals surface area contributed by atoms with E-state index in [1.165, 1.54) is 14.0 Å². The highest BCUT2D eigenvalue weighted by Gasteiger charge is 2.57. The van der Waals surface area contributed by atoms with Gasteiger partial charge in [-0.2, -0.15) is 0 Å². The summed E-state index contributed by atoms with van der Waals surface area (Å²) in [7, 11) is 5.47. The molecule has 0 aromatic rings. The number of quaternary nitrogens is 1. The van der Waals surface area contributed by atoms with Crippen molar-refractivity contribution in [1.82, 2.24) is 0 Å². The van der Waals surface area contributed by atoms with Crippen LogP contribution in [0.1, 0.15) is 94.9 Å². The lowest BCUT2D eigenvalue weighted by molar-refractivity contribution is -0.915. The van der Waals surface area contributed by atoms with Gasteiger partial charge < -0.3 is 58.1 Å². The Labute approximate surface area is 316 Å². The molecule has 0 saturated carbocycles. The Bertz CT molecular complexity index is 1360. The van der Waals surface area contributed by atoms with Crippen LogP contribution in [-0.2, 0) is 38.0 Å². The smallest absolute Gasteiger partial charge is 0.311 e. The van der Waals surface area contributed by atoms with Gasteiger partial charge in [-0.3, -0.25) is 4.79 Å². The molecule has 2 bridgehead atoms. The first-order valence-electron chi connectivity index (χ1n) is 19.3. The molecule has 0 radical (unpaired) electrons. The Hall–Kier alpha value is -1.83. The number of cyclic esters (lactones) is 1. The molecule has 0 aromatic carbocycles. The van der Waals surface area contributed by atoms with Crippen molar-refractivity contribution in [1.29, 1.82) is 0 Å². The molecule has 0 aliphatic carbocycles. The molecule has 304 valence electrons. The Kier molecular flexibility index (Phi) is 13.5. The molecule has 4 unspecified atom stereocenters. The first kappa shape index (κ1) is 43.9. The zero-order valence-corrected chi connectivity index (χ0v) is 34.2. The van der Waals surface area contributed by atoms with Gasteiger partial charge >= 0.3 is 5.97 Å². The lowest BCUT2D eigenvalue weighted by Crippen LogP contribution is -2.64. The van der Waals surface area contributed by atoms with E-state index in [4.69, 9.17) is 39.6 Å². The number of carbonyl (C=O) groups excluding carboxylic acids is 1. The minimum absolute atomic E-state index is 0.159. The minimum atomic E-state index is -1.84. The number of aliphatic hydroxyl groups is 4. The quantitative estimate of drug-likeness (QED) is 0.163. The van der Waals surface area contributed by atoms with Crippen LogP contribution in [0, 0.1) is 30.1 Å². The maximum absolute atomic E-state index is 14.2. The summed E-state index contributed by atoms with van der Waals surface area (Å²) in [4.78, 5) is 14.2. The fourth-order valence-corrected chi connectivity index (χ4v) is 9.26. The van der Waals surface area contributed by atoms with Gasteiger partial charge in [-0.15, -0.1) is 6.42 Å². The van der Waals surface area contributed by atoms with Gasteiger partial charge in [0.1, 0.15) is 47.9 Å². The molecule has 13 heteroatoms. The highest BCUT2D eigenvalue weighted by Crippen LogP contribution is 2.47. The predicted molar refractivity (Wildman–Crippen MR) is 196 cm³/mol. The maximum Gasteiger partial charge on any atom is 0.311 e. The first-order chi connectivity index (χ1) is 24.5. The molecular weight excluding hydrogens is 686 g/mol. The number of nitrogens with zero attached hydrogens (tertiary/aromatic N) is 1. The Morgan fingerprint density at radius 2 is 1.64 bits per heavy atom. The number of hydrogen-bond acceptors (Lipinski definition) is 12. The van der Waals surface area contributed by atoms with Gasteiger partial charge in [-0.05, 0) is 66.4 Å². The molecule has 17 atom stereocenters. The second-order valence-electron chi connectivity index (χ2n) is 17.5. The van der Waals surface area contributed by atoms with Gasteiger partial charge in [-0.1, -0.05) is 20.8 Å². The summed E-state index contributed by atoms with van der Waals surface area (Å²) in [6.07, 6.45) is -2.11. The number of terminal acetylenes is 1. The second-order valence-corrected chi connectivity index (χ2v) is 17.5. The fraction of sp³-hybridized carbons (Fsp3) is 0.875. The van der Waals surface area contributed by atoms with Crippen molar-refractivity contribution in [3.8, 4) is 12.3 Å². The van der Waals surface area contributed by atoms with Crippen molar-refractivity contribution in [3.63, 3.8) is 0 Å². The summed E-state index contributed by atoms with van der Waals surface area (Å²) in [5, 5.41) is 46.4. The fourth-order valence-electron chi connectivity index (χ4n) is 9.26. The minimum Gasteiger partial charge on any atom is -0.489 e.